The smallest absolute Gasteiger partial charge is 0.224 e. The maximum atomic E-state index is 14.0. The minimum absolute atomic E-state index is 0.0290. The number of nitriles is 1. The average molecular weight is 351 g/mol. The Morgan fingerprint density at radius 1 is 1.27 bits per heavy atom. The average Bonchev–Trinajstić information content (AvgIpc) is 2.63. The number of carbonyl (C=O) groups excluding carboxylic acids is 1. The van der Waals surface area contributed by atoms with Crippen LogP contribution in [0.15, 0.2) is 42.5 Å². The largest absolute Gasteiger partial charge is 0.378 e. The first-order chi connectivity index (χ1) is 12.5. The van der Waals surface area contributed by atoms with E-state index in [9.17, 15) is 9.18 Å². The molecule has 4 nitrogen and oxygen atoms in total. The molecule has 1 N–H and O–H groups in total. The van der Waals surface area contributed by atoms with Gasteiger partial charge in [0.15, 0.2) is 0 Å². The standard InChI is InChI=1S/C21H22FN3O/c1-4-19-13(2)21(24-17-8-5-15(12-23)6-9-17)18-11-16(22)7-10-20(18)25(19)14(3)26/h5-11,13,19,21,24H,4H2,1-3H3. The van der Waals surface area contributed by atoms with Crippen molar-refractivity contribution in [3.63, 3.8) is 0 Å². The van der Waals surface area contributed by atoms with Crippen molar-refractivity contribution in [1.82, 2.24) is 0 Å². The molecule has 1 amide bonds. The second-order valence-electron chi connectivity index (χ2n) is 6.74. The Bertz CT molecular complexity index is 857. The van der Waals surface area contributed by atoms with Gasteiger partial charge in [0.25, 0.3) is 0 Å². The molecule has 2 aromatic carbocycles. The molecule has 26 heavy (non-hydrogen) atoms. The Labute approximate surface area is 153 Å². The van der Waals surface area contributed by atoms with Gasteiger partial charge in [-0.2, -0.15) is 5.26 Å². The van der Waals surface area contributed by atoms with Crippen molar-refractivity contribution in [1.29, 1.82) is 5.26 Å². The fourth-order valence-corrected chi connectivity index (χ4v) is 3.90. The van der Waals surface area contributed by atoms with Crippen LogP contribution in [0.2, 0.25) is 0 Å². The molecule has 0 aromatic heterocycles. The summed E-state index contributed by atoms with van der Waals surface area (Å²) in [5, 5.41) is 12.4. The summed E-state index contributed by atoms with van der Waals surface area (Å²) < 4.78 is 14.0. The third-order valence-corrected chi connectivity index (χ3v) is 5.14. The maximum absolute atomic E-state index is 14.0. The third-order valence-electron chi connectivity index (χ3n) is 5.14. The summed E-state index contributed by atoms with van der Waals surface area (Å²) in [5.74, 6) is -0.261. The number of amides is 1. The number of carbonyl (C=O) groups is 1. The SMILES string of the molecule is CCC1C(C)C(Nc2ccc(C#N)cc2)c2cc(F)ccc2N1C(C)=O. The predicted octanol–water partition coefficient (Wildman–Crippen LogP) is 4.63. The first-order valence-corrected chi connectivity index (χ1v) is 8.82. The van der Waals surface area contributed by atoms with Crippen molar-refractivity contribution in [2.45, 2.75) is 39.3 Å². The van der Waals surface area contributed by atoms with Gasteiger partial charge in [0.1, 0.15) is 5.82 Å². The van der Waals surface area contributed by atoms with E-state index in [4.69, 9.17) is 5.26 Å². The van der Waals surface area contributed by atoms with E-state index in [0.717, 1.165) is 23.4 Å². The van der Waals surface area contributed by atoms with Gasteiger partial charge in [-0.3, -0.25) is 4.79 Å². The molecule has 1 heterocycles. The highest BCUT2D eigenvalue weighted by atomic mass is 19.1. The van der Waals surface area contributed by atoms with Crippen LogP contribution in [0.3, 0.4) is 0 Å². The number of nitrogens with one attached hydrogen (secondary N) is 1. The molecule has 3 rings (SSSR count). The zero-order chi connectivity index (χ0) is 18.8. The number of benzene rings is 2. The molecule has 0 spiro atoms. The summed E-state index contributed by atoms with van der Waals surface area (Å²) >= 11 is 0. The van der Waals surface area contributed by atoms with Gasteiger partial charge in [-0.25, -0.2) is 4.39 Å². The number of rotatable bonds is 3. The molecule has 1 aliphatic rings. The fraction of sp³-hybridized carbons (Fsp3) is 0.333. The van der Waals surface area contributed by atoms with Crippen LogP contribution in [0, 0.1) is 23.1 Å². The summed E-state index contributed by atoms with van der Waals surface area (Å²) in [6, 6.07) is 13.8. The van der Waals surface area contributed by atoms with Gasteiger partial charge >= 0.3 is 0 Å². The molecule has 134 valence electrons. The molecule has 1 aliphatic heterocycles. The van der Waals surface area contributed by atoms with Crippen molar-refractivity contribution in [3.8, 4) is 6.07 Å². The van der Waals surface area contributed by atoms with Crippen molar-refractivity contribution < 1.29 is 9.18 Å². The van der Waals surface area contributed by atoms with Gasteiger partial charge in [-0.15, -0.1) is 0 Å². The Morgan fingerprint density at radius 3 is 2.54 bits per heavy atom. The van der Waals surface area contributed by atoms with Crippen LogP contribution in [0.5, 0.6) is 0 Å². The molecule has 2 aromatic rings. The highest BCUT2D eigenvalue weighted by molar-refractivity contribution is 5.94. The quantitative estimate of drug-likeness (QED) is 0.877. The van der Waals surface area contributed by atoms with Crippen LogP contribution in [0.4, 0.5) is 15.8 Å². The lowest BCUT2D eigenvalue weighted by molar-refractivity contribution is -0.117. The second kappa shape index (κ2) is 7.17. The zero-order valence-corrected chi connectivity index (χ0v) is 15.2. The van der Waals surface area contributed by atoms with Crippen molar-refractivity contribution >= 4 is 17.3 Å². The monoisotopic (exact) mass is 351 g/mol. The number of hydrogen-bond donors (Lipinski definition) is 1. The number of nitrogens with zero attached hydrogens (tertiary/aromatic N) is 2. The van der Waals surface area contributed by atoms with Crippen molar-refractivity contribution in [3.05, 3.63) is 59.4 Å². The minimum Gasteiger partial charge on any atom is -0.378 e. The Balaban J connectivity index is 2.05. The number of halogens is 1. The maximum Gasteiger partial charge on any atom is 0.224 e. The van der Waals surface area contributed by atoms with E-state index < -0.39 is 0 Å². The minimum atomic E-state index is -0.318. The van der Waals surface area contributed by atoms with E-state index >= 15 is 0 Å². The number of anilines is 2. The van der Waals surface area contributed by atoms with Crippen molar-refractivity contribution in [2.24, 2.45) is 5.92 Å². The highest BCUT2D eigenvalue weighted by Gasteiger charge is 2.39. The molecule has 0 saturated carbocycles. The predicted molar refractivity (Wildman–Crippen MR) is 100 cm³/mol. The van der Waals surface area contributed by atoms with E-state index in [-0.39, 0.29) is 29.7 Å². The number of fused-ring (bicyclic) bond motifs is 1. The van der Waals surface area contributed by atoms with Gasteiger partial charge in [-0.05, 0) is 48.9 Å². The van der Waals surface area contributed by atoms with Crippen LogP contribution in [0.1, 0.15) is 44.4 Å². The summed E-state index contributed by atoms with van der Waals surface area (Å²) in [7, 11) is 0. The van der Waals surface area contributed by atoms with Gasteiger partial charge in [0, 0.05) is 35.8 Å². The van der Waals surface area contributed by atoms with E-state index in [2.05, 4.69) is 25.2 Å². The Morgan fingerprint density at radius 2 is 1.96 bits per heavy atom. The van der Waals surface area contributed by atoms with Crippen molar-refractivity contribution in [2.75, 3.05) is 10.2 Å². The lowest BCUT2D eigenvalue weighted by atomic mass is 9.80. The van der Waals surface area contributed by atoms with Gasteiger partial charge in [-0.1, -0.05) is 13.8 Å². The van der Waals surface area contributed by atoms with E-state index in [1.807, 2.05) is 12.1 Å². The van der Waals surface area contributed by atoms with E-state index in [0.29, 0.717) is 5.56 Å². The number of hydrogen-bond acceptors (Lipinski definition) is 3. The molecule has 0 saturated heterocycles. The van der Waals surface area contributed by atoms with Gasteiger partial charge in [0.2, 0.25) is 5.91 Å². The van der Waals surface area contributed by atoms with E-state index in [1.54, 1.807) is 30.0 Å². The first-order valence-electron chi connectivity index (χ1n) is 8.82. The Hall–Kier alpha value is -2.87. The second-order valence-corrected chi connectivity index (χ2v) is 6.74. The summed E-state index contributed by atoms with van der Waals surface area (Å²) in [4.78, 5) is 14.1. The summed E-state index contributed by atoms with van der Waals surface area (Å²) in [6.45, 7) is 5.69. The molecule has 0 aliphatic carbocycles. The van der Waals surface area contributed by atoms with Crippen LogP contribution in [-0.2, 0) is 4.79 Å². The summed E-state index contributed by atoms with van der Waals surface area (Å²) in [5.41, 5.74) is 2.99. The van der Waals surface area contributed by atoms with Crippen LogP contribution < -0.4 is 10.2 Å². The molecule has 0 radical (unpaired) electrons. The van der Waals surface area contributed by atoms with Crippen LogP contribution >= 0.6 is 0 Å². The van der Waals surface area contributed by atoms with Crippen LogP contribution in [0.25, 0.3) is 0 Å². The molecule has 3 unspecified atom stereocenters. The molecular formula is C21H22FN3O. The zero-order valence-electron chi connectivity index (χ0n) is 15.2. The van der Waals surface area contributed by atoms with Gasteiger partial charge in [0.05, 0.1) is 17.7 Å². The van der Waals surface area contributed by atoms with Gasteiger partial charge < -0.3 is 10.2 Å². The Kier molecular flexibility index (Phi) is 4.94. The normalized spacial score (nSPS) is 21.7. The fourth-order valence-electron chi connectivity index (χ4n) is 3.90. The van der Waals surface area contributed by atoms with Crippen LogP contribution in [-0.4, -0.2) is 11.9 Å². The lowest BCUT2D eigenvalue weighted by Gasteiger charge is -2.45. The summed E-state index contributed by atoms with van der Waals surface area (Å²) in [6.07, 6.45) is 0.809. The molecule has 3 atom stereocenters. The lowest BCUT2D eigenvalue weighted by Crippen LogP contribution is -2.49. The molecular weight excluding hydrogens is 329 g/mol. The molecule has 0 bridgehead atoms. The molecule has 5 heteroatoms. The highest BCUT2D eigenvalue weighted by Crippen LogP contribution is 2.43. The first kappa shape index (κ1) is 17.9. The van der Waals surface area contributed by atoms with E-state index in [1.165, 1.54) is 12.1 Å². The topological polar surface area (TPSA) is 56.1 Å². The molecule has 0 fully saturated rings. The third kappa shape index (κ3) is 3.15.